The van der Waals surface area contributed by atoms with Crippen molar-refractivity contribution in [3.8, 4) is 0 Å². The van der Waals surface area contributed by atoms with Gasteiger partial charge in [-0.25, -0.2) is 4.39 Å². The smallest absolute Gasteiger partial charge is 0.152 e. The number of rotatable bonds is 9. The predicted molar refractivity (Wildman–Crippen MR) is 105 cm³/mol. The molecular formula is C22H32FN3O2+2. The number of aromatic nitrogens is 1. The fraction of sp³-hybridized carbons (Fsp3) is 0.545. The van der Waals surface area contributed by atoms with E-state index in [4.69, 9.17) is 4.74 Å². The number of hydrogen-bond acceptors (Lipinski definition) is 2. The zero-order valence-corrected chi connectivity index (χ0v) is 16.4. The van der Waals surface area contributed by atoms with Crippen molar-refractivity contribution in [2.45, 2.75) is 38.1 Å². The molecule has 5 nitrogen and oxygen atoms in total. The molecule has 4 rings (SSSR count). The van der Waals surface area contributed by atoms with E-state index in [-0.39, 0.29) is 11.9 Å². The molecule has 1 aliphatic heterocycles. The molecule has 3 N–H and O–H groups in total. The standard InChI is InChI=1S/C22H30FN3O2/c23-22-6-2-1-4-18(22)14-25-9-3-5-20(25)15-26(19-7-8-19)17-21(27)16-24-10-12-28-13-11-24/h1-6,9,19,21,27H,7-8,10-17H2/p+2/t21-/m0/s1. The maximum absolute atomic E-state index is 14.0. The first-order valence-electron chi connectivity index (χ1n) is 10.5. The summed E-state index contributed by atoms with van der Waals surface area (Å²) in [5, 5.41) is 10.7. The van der Waals surface area contributed by atoms with Crippen LogP contribution < -0.4 is 9.80 Å². The zero-order chi connectivity index (χ0) is 19.3. The number of morpholine rings is 1. The van der Waals surface area contributed by atoms with Gasteiger partial charge in [-0.2, -0.15) is 0 Å². The van der Waals surface area contributed by atoms with E-state index in [1.807, 2.05) is 24.4 Å². The number of quaternary nitrogens is 2. The molecule has 1 unspecified atom stereocenters. The third-order valence-corrected chi connectivity index (χ3v) is 6.01. The zero-order valence-electron chi connectivity index (χ0n) is 16.4. The highest BCUT2D eigenvalue weighted by Crippen LogP contribution is 2.16. The Kier molecular flexibility index (Phi) is 6.42. The number of aliphatic hydroxyl groups is 1. The molecule has 0 bridgehead atoms. The minimum Gasteiger partial charge on any atom is -0.382 e. The molecular weight excluding hydrogens is 357 g/mol. The first-order chi connectivity index (χ1) is 13.7. The van der Waals surface area contributed by atoms with Gasteiger partial charge in [0.2, 0.25) is 0 Å². The van der Waals surface area contributed by atoms with Crippen LogP contribution in [0.15, 0.2) is 42.6 Å². The van der Waals surface area contributed by atoms with Crippen LogP contribution in [0.2, 0.25) is 0 Å². The number of ether oxygens (including phenoxy) is 1. The van der Waals surface area contributed by atoms with Crippen molar-refractivity contribution in [3.63, 3.8) is 0 Å². The van der Waals surface area contributed by atoms with Gasteiger partial charge >= 0.3 is 0 Å². The summed E-state index contributed by atoms with van der Waals surface area (Å²) in [6.07, 6.45) is 4.21. The largest absolute Gasteiger partial charge is 0.382 e. The molecule has 0 radical (unpaired) electrons. The van der Waals surface area contributed by atoms with Gasteiger partial charge in [0.25, 0.3) is 0 Å². The first-order valence-corrected chi connectivity index (χ1v) is 10.5. The maximum atomic E-state index is 14.0. The van der Waals surface area contributed by atoms with Crippen LogP contribution in [-0.4, -0.2) is 61.2 Å². The van der Waals surface area contributed by atoms with Crippen molar-refractivity contribution < 1.29 is 24.0 Å². The number of nitrogens with one attached hydrogen (secondary N) is 2. The Labute approximate surface area is 166 Å². The van der Waals surface area contributed by atoms with E-state index in [9.17, 15) is 9.50 Å². The van der Waals surface area contributed by atoms with E-state index in [2.05, 4.69) is 10.6 Å². The summed E-state index contributed by atoms with van der Waals surface area (Å²) < 4.78 is 21.6. The third-order valence-electron chi connectivity index (χ3n) is 6.01. The number of benzene rings is 1. The molecule has 1 aromatic heterocycles. The Morgan fingerprint density at radius 1 is 1.18 bits per heavy atom. The maximum Gasteiger partial charge on any atom is 0.152 e. The molecule has 2 heterocycles. The second-order valence-electron chi connectivity index (χ2n) is 8.25. The first kappa shape index (κ1) is 19.6. The van der Waals surface area contributed by atoms with E-state index < -0.39 is 0 Å². The lowest BCUT2D eigenvalue weighted by Gasteiger charge is -2.28. The van der Waals surface area contributed by atoms with Crippen LogP contribution in [0.3, 0.4) is 0 Å². The van der Waals surface area contributed by atoms with Crippen LogP contribution in [0.25, 0.3) is 0 Å². The van der Waals surface area contributed by atoms with Gasteiger partial charge in [0, 0.05) is 24.6 Å². The molecule has 2 aliphatic rings. The Morgan fingerprint density at radius 2 is 1.96 bits per heavy atom. The predicted octanol–water partition coefficient (Wildman–Crippen LogP) is -0.501. The van der Waals surface area contributed by atoms with Crippen molar-refractivity contribution in [1.82, 2.24) is 4.57 Å². The number of halogens is 1. The van der Waals surface area contributed by atoms with Gasteiger partial charge in [0.05, 0.1) is 31.5 Å². The summed E-state index contributed by atoms with van der Waals surface area (Å²) in [4.78, 5) is 2.89. The van der Waals surface area contributed by atoms with Crippen molar-refractivity contribution in [2.75, 3.05) is 39.4 Å². The molecule has 2 atom stereocenters. The Bertz CT molecular complexity index is 756. The average Bonchev–Trinajstić information content (AvgIpc) is 3.46. The van der Waals surface area contributed by atoms with Crippen molar-refractivity contribution in [3.05, 3.63) is 59.7 Å². The molecule has 1 saturated carbocycles. The molecule has 28 heavy (non-hydrogen) atoms. The summed E-state index contributed by atoms with van der Waals surface area (Å²) >= 11 is 0. The van der Waals surface area contributed by atoms with E-state index in [1.165, 1.54) is 34.4 Å². The Morgan fingerprint density at radius 3 is 2.71 bits per heavy atom. The highest BCUT2D eigenvalue weighted by atomic mass is 19.1. The van der Waals surface area contributed by atoms with Crippen LogP contribution >= 0.6 is 0 Å². The molecule has 1 aliphatic carbocycles. The summed E-state index contributed by atoms with van der Waals surface area (Å²) in [6.45, 7) is 6.57. The average molecular weight is 390 g/mol. The highest BCUT2D eigenvalue weighted by Gasteiger charge is 2.35. The lowest BCUT2D eigenvalue weighted by molar-refractivity contribution is -0.942. The Balaban J connectivity index is 1.37. The fourth-order valence-electron chi connectivity index (χ4n) is 4.25. The summed E-state index contributed by atoms with van der Waals surface area (Å²) in [5.41, 5.74) is 1.92. The van der Waals surface area contributed by atoms with Gasteiger partial charge in [-0.15, -0.1) is 0 Å². The van der Waals surface area contributed by atoms with E-state index >= 15 is 0 Å². The minimum absolute atomic E-state index is 0.155. The molecule has 0 spiro atoms. The lowest BCUT2D eigenvalue weighted by Crippen LogP contribution is -3.18. The lowest BCUT2D eigenvalue weighted by atomic mass is 10.2. The molecule has 152 valence electrons. The van der Waals surface area contributed by atoms with Crippen LogP contribution in [0, 0.1) is 5.82 Å². The second-order valence-corrected chi connectivity index (χ2v) is 8.25. The SMILES string of the molecule is O[C@@H](C[NH+]1CCOCC1)C[NH+](Cc1cccn1Cc1ccccc1F)C1CC1. The number of hydrogen-bond donors (Lipinski definition) is 3. The molecule has 1 aromatic carbocycles. The summed E-state index contributed by atoms with van der Waals surface area (Å²) in [5.74, 6) is -0.155. The van der Waals surface area contributed by atoms with Crippen molar-refractivity contribution in [2.24, 2.45) is 0 Å². The van der Waals surface area contributed by atoms with Crippen LogP contribution in [-0.2, 0) is 17.8 Å². The van der Waals surface area contributed by atoms with Gasteiger partial charge in [-0.3, -0.25) is 0 Å². The highest BCUT2D eigenvalue weighted by molar-refractivity contribution is 5.19. The van der Waals surface area contributed by atoms with Crippen molar-refractivity contribution >= 4 is 0 Å². The Hall–Kier alpha value is -1.73. The minimum atomic E-state index is -0.293. The molecule has 0 amide bonds. The molecule has 2 fully saturated rings. The summed E-state index contributed by atoms with van der Waals surface area (Å²) in [6, 6.07) is 11.8. The summed E-state index contributed by atoms with van der Waals surface area (Å²) in [7, 11) is 0. The normalized spacial score (nSPS) is 20.2. The third kappa shape index (κ3) is 5.20. The van der Waals surface area contributed by atoms with Gasteiger partial charge in [0.15, 0.2) is 6.10 Å². The van der Waals surface area contributed by atoms with Crippen LogP contribution in [0.1, 0.15) is 24.1 Å². The second kappa shape index (κ2) is 9.18. The van der Waals surface area contributed by atoms with Crippen molar-refractivity contribution in [1.29, 1.82) is 0 Å². The molecule has 1 saturated heterocycles. The number of aliphatic hydroxyl groups excluding tert-OH is 1. The van der Waals surface area contributed by atoms with E-state index in [0.717, 1.165) is 45.9 Å². The molecule has 2 aromatic rings. The quantitative estimate of drug-likeness (QED) is 0.541. The van der Waals surface area contributed by atoms with Gasteiger partial charge in [-0.05, 0) is 18.2 Å². The monoisotopic (exact) mass is 389 g/mol. The van der Waals surface area contributed by atoms with E-state index in [1.54, 1.807) is 6.07 Å². The molecule has 6 heteroatoms. The topological polar surface area (TPSA) is 43.3 Å². The van der Waals surface area contributed by atoms with E-state index in [0.29, 0.717) is 18.2 Å². The number of nitrogens with zero attached hydrogens (tertiary/aromatic N) is 1. The van der Waals surface area contributed by atoms with Crippen LogP contribution in [0.5, 0.6) is 0 Å². The van der Waals surface area contributed by atoms with Crippen LogP contribution in [0.4, 0.5) is 4.39 Å². The fourth-order valence-corrected chi connectivity index (χ4v) is 4.25. The van der Waals surface area contributed by atoms with Gasteiger partial charge in [0.1, 0.15) is 38.5 Å². The van der Waals surface area contributed by atoms with Gasteiger partial charge < -0.3 is 24.2 Å². The van der Waals surface area contributed by atoms with Gasteiger partial charge in [-0.1, -0.05) is 18.2 Å².